The Kier molecular flexibility index (Phi) is 4.70. The van der Waals surface area contributed by atoms with E-state index in [0.717, 1.165) is 26.1 Å². The zero-order valence-electron chi connectivity index (χ0n) is 8.66. The maximum absolute atomic E-state index is 5.67. The van der Waals surface area contributed by atoms with Gasteiger partial charge in [0.15, 0.2) is 0 Å². The molecule has 78 valence electrons. The number of hydrogen-bond acceptors (Lipinski definition) is 3. The lowest BCUT2D eigenvalue weighted by Gasteiger charge is -2.17. The SMILES string of the molecule is CC(N)CC(C)OCC1CCCO1. The molecule has 0 aliphatic carbocycles. The molecular weight excluding hydrogens is 166 g/mol. The third-order valence-corrected chi connectivity index (χ3v) is 2.29. The summed E-state index contributed by atoms with van der Waals surface area (Å²) in [6.45, 7) is 5.70. The Morgan fingerprint density at radius 2 is 2.31 bits per heavy atom. The van der Waals surface area contributed by atoms with E-state index < -0.39 is 0 Å². The molecule has 1 aliphatic rings. The molecule has 0 radical (unpaired) electrons. The summed E-state index contributed by atoms with van der Waals surface area (Å²) in [5.41, 5.74) is 5.67. The van der Waals surface area contributed by atoms with E-state index in [-0.39, 0.29) is 12.1 Å². The Hall–Kier alpha value is -0.120. The molecule has 3 heteroatoms. The van der Waals surface area contributed by atoms with Crippen LogP contribution < -0.4 is 5.73 Å². The lowest BCUT2D eigenvalue weighted by molar-refractivity contribution is -0.0178. The summed E-state index contributed by atoms with van der Waals surface area (Å²) in [7, 11) is 0. The first-order valence-corrected chi connectivity index (χ1v) is 5.17. The van der Waals surface area contributed by atoms with Gasteiger partial charge in [-0.25, -0.2) is 0 Å². The van der Waals surface area contributed by atoms with Gasteiger partial charge in [-0.3, -0.25) is 0 Å². The molecule has 0 saturated carbocycles. The minimum atomic E-state index is 0.222. The van der Waals surface area contributed by atoms with Crippen molar-refractivity contribution in [3.63, 3.8) is 0 Å². The van der Waals surface area contributed by atoms with Crippen molar-refractivity contribution in [1.29, 1.82) is 0 Å². The Morgan fingerprint density at radius 1 is 1.54 bits per heavy atom. The molecule has 0 bridgehead atoms. The molecule has 2 N–H and O–H groups in total. The van der Waals surface area contributed by atoms with Crippen molar-refractivity contribution in [1.82, 2.24) is 0 Å². The molecule has 0 spiro atoms. The van der Waals surface area contributed by atoms with Gasteiger partial charge in [0.25, 0.3) is 0 Å². The van der Waals surface area contributed by atoms with E-state index in [1.54, 1.807) is 0 Å². The van der Waals surface area contributed by atoms with Crippen LogP contribution in [0.25, 0.3) is 0 Å². The molecule has 1 fully saturated rings. The average molecular weight is 187 g/mol. The first kappa shape index (κ1) is 11.0. The zero-order valence-corrected chi connectivity index (χ0v) is 8.66. The summed E-state index contributed by atoms with van der Waals surface area (Å²) >= 11 is 0. The highest BCUT2D eigenvalue weighted by Gasteiger charge is 2.16. The second-order valence-electron chi connectivity index (χ2n) is 3.99. The molecule has 1 aliphatic heterocycles. The topological polar surface area (TPSA) is 44.5 Å². The van der Waals surface area contributed by atoms with Gasteiger partial charge in [-0.2, -0.15) is 0 Å². The Morgan fingerprint density at radius 3 is 2.85 bits per heavy atom. The Bertz CT molecular complexity index is 133. The largest absolute Gasteiger partial charge is 0.376 e. The normalized spacial score (nSPS) is 27.5. The number of hydrogen-bond donors (Lipinski definition) is 1. The van der Waals surface area contributed by atoms with Crippen molar-refractivity contribution >= 4 is 0 Å². The van der Waals surface area contributed by atoms with Crippen LogP contribution in [0.15, 0.2) is 0 Å². The fraction of sp³-hybridized carbons (Fsp3) is 1.00. The second-order valence-corrected chi connectivity index (χ2v) is 3.99. The van der Waals surface area contributed by atoms with E-state index in [2.05, 4.69) is 6.92 Å². The van der Waals surface area contributed by atoms with Gasteiger partial charge in [0.1, 0.15) is 0 Å². The van der Waals surface area contributed by atoms with Gasteiger partial charge in [0, 0.05) is 12.6 Å². The quantitative estimate of drug-likeness (QED) is 0.705. The number of rotatable bonds is 5. The summed E-state index contributed by atoms with van der Waals surface area (Å²) in [5, 5.41) is 0. The first-order chi connectivity index (χ1) is 6.18. The zero-order chi connectivity index (χ0) is 9.68. The smallest absolute Gasteiger partial charge is 0.0809 e. The molecule has 0 aromatic heterocycles. The van der Waals surface area contributed by atoms with Crippen molar-refractivity contribution < 1.29 is 9.47 Å². The molecule has 13 heavy (non-hydrogen) atoms. The van der Waals surface area contributed by atoms with Gasteiger partial charge in [0.05, 0.1) is 18.8 Å². The van der Waals surface area contributed by atoms with Crippen LogP contribution in [0.5, 0.6) is 0 Å². The second kappa shape index (κ2) is 5.58. The molecule has 1 rings (SSSR count). The van der Waals surface area contributed by atoms with Crippen LogP contribution in [0.1, 0.15) is 33.1 Å². The van der Waals surface area contributed by atoms with Gasteiger partial charge in [-0.1, -0.05) is 0 Å². The molecule has 1 heterocycles. The van der Waals surface area contributed by atoms with E-state index in [9.17, 15) is 0 Å². The van der Waals surface area contributed by atoms with E-state index in [4.69, 9.17) is 15.2 Å². The monoisotopic (exact) mass is 187 g/mol. The maximum Gasteiger partial charge on any atom is 0.0809 e. The lowest BCUT2D eigenvalue weighted by Crippen LogP contribution is -2.25. The fourth-order valence-corrected chi connectivity index (χ4v) is 1.64. The van der Waals surface area contributed by atoms with E-state index in [0.29, 0.717) is 6.10 Å². The summed E-state index contributed by atoms with van der Waals surface area (Å²) in [6.07, 6.45) is 3.83. The van der Waals surface area contributed by atoms with Crippen LogP contribution in [0.2, 0.25) is 0 Å². The molecule has 0 aromatic rings. The summed E-state index contributed by atoms with van der Waals surface area (Å²) < 4.78 is 11.1. The first-order valence-electron chi connectivity index (χ1n) is 5.17. The van der Waals surface area contributed by atoms with E-state index in [1.165, 1.54) is 6.42 Å². The summed E-state index contributed by atoms with van der Waals surface area (Å²) in [4.78, 5) is 0. The van der Waals surface area contributed by atoms with Crippen molar-refractivity contribution in [3.8, 4) is 0 Å². The number of nitrogens with two attached hydrogens (primary N) is 1. The highest BCUT2D eigenvalue weighted by molar-refractivity contribution is 4.66. The maximum atomic E-state index is 5.67. The van der Waals surface area contributed by atoms with Gasteiger partial charge in [-0.05, 0) is 33.1 Å². The van der Waals surface area contributed by atoms with Crippen molar-refractivity contribution in [2.45, 2.75) is 51.4 Å². The highest BCUT2D eigenvalue weighted by Crippen LogP contribution is 2.13. The number of ether oxygens (including phenoxy) is 2. The molecule has 0 aromatic carbocycles. The van der Waals surface area contributed by atoms with Gasteiger partial charge in [-0.15, -0.1) is 0 Å². The summed E-state index contributed by atoms with van der Waals surface area (Å²) in [6, 6.07) is 0.222. The minimum absolute atomic E-state index is 0.222. The molecule has 3 nitrogen and oxygen atoms in total. The Balaban J connectivity index is 2.03. The van der Waals surface area contributed by atoms with Crippen LogP contribution in [-0.2, 0) is 9.47 Å². The molecule has 3 atom stereocenters. The van der Waals surface area contributed by atoms with Crippen LogP contribution in [0, 0.1) is 0 Å². The van der Waals surface area contributed by atoms with Gasteiger partial charge >= 0.3 is 0 Å². The van der Waals surface area contributed by atoms with Crippen molar-refractivity contribution in [2.24, 2.45) is 5.73 Å². The highest BCUT2D eigenvalue weighted by atomic mass is 16.5. The van der Waals surface area contributed by atoms with Crippen LogP contribution in [0.3, 0.4) is 0 Å². The van der Waals surface area contributed by atoms with Crippen molar-refractivity contribution in [3.05, 3.63) is 0 Å². The van der Waals surface area contributed by atoms with Crippen LogP contribution >= 0.6 is 0 Å². The molecule has 3 unspecified atom stereocenters. The van der Waals surface area contributed by atoms with Crippen molar-refractivity contribution in [2.75, 3.05) is 13.2 Å². The standard InChI is InChI=1S/C10H21NO2/c1-8(11)6-9(2)13-7-10-4-3-5-12-10/h8-10H,3-7,11H2,1-2H3. The molecule has 1 saturated heterocycles. The third-order valence-electron chi connectivity index (χ3n) is 2.29. The van der Waals surface area contributed by atoms with Crippen LogP contribution in [-0.4, -0.2) is 31.5 Å². The predicted octanol–water partition coefficient (Wildman–Crippen LogP) is 1.31. The lowest BCUT2D eigenvalue weighted by atomic mass is 10.2. The predicted molar refractivity (Wildman–Crippen MR) is 52.7 cm³/mol. The average Bonchev–Trinajstić information content (AvgIpc) is 2.51. The van der Waals surface area contributed by atoms with Gasteiger partial charge in [0.2, 0.25) is 0 Å². The molecule has 0 amide bonds. The van der Waals surface area contributed by atoms with E-state index >= 15 is 0 Å². The van der Waals surface area contributed by atoms with Crippen LogP contribution in [0.4, 0.5) is 0 Å². The minimum Gasteiger partial charge on any atom is -0.376 e. The van der Waals surface area contributed by atoms with Gasteiger partial charge < -0.3 is 15.2 Å². The van der Waals surface area contributed by atoms with E-state index in [1.807, 2.05) is 6.92 Å². The Labute approximate surface area is 80.6 Å². The summed E-state index contributed by atoms with van der Waals surface area (Å²) in [5.74, 6) is 0. The fourth-order valence-electron chi connectivity index (χ4n) is 1.64. The third kappa shape index (κ3) is 4.60. The molecular formula is C10H21NO2.